The zero-order valence-electron chi connectivity index (χ0n) is 11.2. The Morgan fingerprint density at radius 1 is 1.37 bits per heavy atom. The highest BCUT2D eigenvalue weighted by Gasteiger charge is 2.11. The van der Waals surface area contributed by atoms with Gasteiger partial charge in [0, 0.05) is 17.7 Å². The van der Waals surface area contributed by atoms with Crippen LogP contribution in [0.4, 0.5) is 0 Å². The molecular weight excluding hydrogens is 280 g/mol. The molecule has 1 N–H and O–H groups in total. The van der Waals surface area contributed by atoms with Gasteiger partial charge in [-0.2, -0.15) is 5.10 Å². The number of aliphatic hydroxyl groups excluding tert-OH is 1. The third-order valence-corrected chi connectivity index (χ3v) is 4.51. The van der Waals surface area contributed by atoms with Gasteiger partial charge in [0.25, 0.3) is 0 Å². The van der Waals surface area contributed by atoms with Gasteiger partial charge in [0.15, 0.2) is 0 Å². The minimum atomic E-state index is -0.423. The summed E-state index contributed by atoms with van der Waals surface area (Å²) >= 11 is 7.93. The van der Waals surface area contributed by atoms with Crippen molar-refractivity contribution < 1.29 is 5.11 Å². The van der Waals surface area contributed by atoms with E-state index in [1.165, 1.54) is 0 Å². The highest BCUT2D eigenvalue weighted by molar-refractivity contribution is 7.98. The molecule has 1 unspecified atom stereocenters. The molecule has 3 nitrogen and oxygen atoms in total. The van der Waals surface area contributed by atoms with Crippen molar-refractivity contribution in [3.8, 4) is 0 Å². The number of rotatable bonds is 4. The van der Waals surface area contributed by atoms with Gasteiger partial charge in [-0.05, 0) is 31.5 Å². The lowest BCUT2D eigenvalue weighted by molar-refractivity contribution is 0.199. The largest absolute Gasteiger partial charge is 0.389 e. The van der Waals surface area contributed by atoms with Gasteiger partial charge in [-0.1, -0.05) is 23.7 Å². The van der Waals surface area contributed by atoms with Crippen LogP contribution in [0.1, 0.15) is 30.0 Å². The average molecular weight is 297 g/mol. The summed E-state index contributed by atoms with van der Waals surface area (Å²) in [4.78, 5) is 1.15. The fourth-order valence-electron chi connectivity index (χ4n) is 1.83. The molecule has 1 atom stereocenters. The van der Waals surface area contributed by atoms with Gasteiger partial charge >= 0.3 is 0 Å². The van der Waals surface area contributed by atoms with E-state index < -0.39 is 6.10 Å². The molecule has 5 heteroatoms. The Balaban J connectivity index is 2.06. The molecule has 0 aliphatic carbocycles. The number of aliphatic hydroxyl groups is 1. The third-order valence-electron chi connectivity index (χ3n) is 3.00. The predicted octanol–water partition coefficient (Wildman–Crippen LogP) is 3.73. The summed E-state index contributed by atoms with van der Waals surface area (Å²) in [5.41, 5.74) is 2.83. The monoisotopic (exact) mass is 296 g/mol. The standard InChI is InChI=1S/C14H17ClN2OS/c1-9-14(15)13(17(3)16-9)8-19-12-6-4-11(5-7-12)10(2)18/h4-7,10,18H,8H2,1-3H3. The first-order valence-corrected chi connectivity index (χ1v) is 7.44. The van der Waals surface area contributed by atoms with Crippen LogP contribution in [0.3, 0.4) is 0 Å². The zero-order chi connectivity index (χ0) is 14.0. The lowest BCUT2D eigenvalue weighted by Gasteiger charge is -2.06. The summed E-state index contributed by atoms with van der Waals surface area (Å²) in [5.74, 6) is 0.782. The maximum Gasteiger partial charge on any atom is 0.0855 e. The first kappa shape index (κ1) is 14.4. The quantitative estimate of drug-likeness (QED) is 0.874. The SMILES string of the molecule is Cc1nn(C)c(CSc2ccc(C(C)O)cc2)c1Cl. The van der Waals surface area contributed by atoms with Crippen LogP contribution in [-0.4, -0.2) is 14.9 Å². The van der Waals surface area contributed by atoms with Crippen LogP contribution in [0.2, 0.25) is 5.02 Å². The molecular formula is C14H17ClN2OS. The van der Waals surface area contributed by atoms with E-state index in [2.05, 4.69) is 5.10 Å². The number of thioether (sulfide) groups is 1. The lowest BCUT2D eigenvalue weighted by Crippen LogP contribution is -1.96. The Morgan fingerprint density at radius 2 is 2.00 bits per heavy atom. The van der Waals surface area contributed by atoms with Gasteiger partial charge in [-0.15, -0.1) is 11.8 Å². The maximum atomic E-state index is 9.46. The van der Waals surface area contributed by atoms with Crippen molar-refractivity contribution in [3.63, 3.8) is 0 Å². The molecule has 102 valence electrons. The Morgan fingerprint density at radius 3 is 2.47 bits per heavy atom. The van der Waals surface area contributed by atoms with Crippen LogP contribution in [0, 0.1) is 6.92 Å². The van der Waals surface area contributed by atoms with Crippen LogP contribution in [0.25, 0.3) is 0 Å². The summed E-state index contributed by atoms with van der Waals surface area (Å²) in [6.45, 7) is 3.67. The van der Waals surface area contributed by atoms with Crippen LogP contribution < -0.4 is 0 Å². The van der Waals surface area contributed by atoms with E-state index in [9.17, 15) is 5.11 Å². The van der Waals surface area contributed by atoms with Crippen LogP contribution in [0.15, 0.2) is 29.2 Å². The van der Waals surface area contributed by atoms with E-state index in [0.29, 0.717) is 0 Å². The summed E-state index contributed by atoms with van der Waals surface area (Å²) in [5, 5.41) is 14.5. The molecule has 0 aliphatic rings. The molecule has 1 heterocycles. The van der Waals surface area contributed by atoms with Crippen LogP contribution >= 0.6 is 23.4 Å². The van der Waals surface area contributed by atoms with Gasteiger partial charge in [-0.3, -0.25) is 4.68 Å². The first-order valence-electron chi connectivity index (χ1n) is 6.08. The van der Waals surface area contributed by atoms with Gasteiger partial charge < -0.3 is 5.11 Å². The summed E-state index contributed by atoms with van der Waals surface area (Å²) in [7, 11) is 1.91. The number of aromatic nitrogens is 2. The van der Waals surface area contributed by atoms with Crippen LogP contribution in [-0.2, 0) is 12.8 Å². The van der Waals surface area contributed by atoms with Crippen molar-refractivity contribution in [2.45, 2.75) is 30.6 Å². The van der Waals surface area contributed by atoms with E-state index in [1.54, 1.807) is 18.7 Å². The van der Waals surface area contributed by atoms with Crippen molar-refractivity contribution in [1.82, 2.24) is 9.78 Å². The fraction of sp³-hybridized carbons (Fsp3) is 0.357. The van der Waals surface area contributed by atoms with Crippen molar-refractivity contribution in [3.05, 3.63) is 46.2 Å². The first-order chi connectivity index (χ1) is 8.99. The van der Waals surface area contributed by atoms with Gasteiger partial charge in [0.05, 0.1) is 22.5 Å². The number of hydrogen-bond donors (Lipinski definition) is 1. The number of hydrogen-bond acceptors (Lipinski definition) is 3. The molecule has 19 heavy (non-hydrogen) atoms. The molecule has 1 aromatic heterocycles. The molecule has 2 rings (SSSR count). The van der Waals surface area contributed by atoms with Crippen molar-refractivity contribution in [1.29, 1.82) is 0 Å². The highest BCUT2D eigenvalue weighted by Crippen LogP contribution is 2.28. The van der Waals surface area contributed by atoms with Gasteiger partial charge in [0.2, 0.25) is 0 Å². The lowest BCUT2D eigenvalue weighted by atomic mass is 10.1. The number of nitrogens with zero attached hydrogens (tertiary/aromatic N) is 2. The van der Waals surface area contributed by atoms with Crippen molar-refractivity contribution in [2.24, 2.45) is 7.05 Å². The number of aryl methyl sites for hydroxylation is 2. The predicted molar refractivity (Wildman–Crippen MR) is 79.6 cm³/mol. The van der Waals surface area contributed by atoms with Crippen molar-refractivity contribution >= 4 is 23.4 Å². The fourth-order valence-corrected chi connectivity index (χ4v) is 3.10. The molecule has 0 fully saturated rings. The Labute approximate surface area is 122 Å². The maximum absolute atomic E-state index is 9.46. The van der Waals surface area contributed by atoms with Gasteiger partial charge in [-0.25, -0.2) is 0 Å². The second kappa shape index (κ2) is 5.99. The Bertz CT molecular complexity index is 564. The minimum absolute atomic E-state index is 0.423. The smallest absolute Gasteiger partial charge is 0.0855 e. The van der Waals surface area contributed by atoms with E-state index in [1.807, 2.05) is 42.9 Å². The second-order valence-electron chi connectivity index (χ2n) is 4.50. The van der Waals surface area contributed by atoms with Crippen LogP contribution in [0.5, 0.6) is 0 Å². The third kappa shape index (κ3) is 3.32. The summed E-state index contributed by atoms with van der Waals surface area (Å²) in [6, 6.07) is 7.93. The van der Waals surface area contributed by atoms with E-state index in [0.717, 1.165) is 32.6 Å². The molecule has 0 radical (unpaired) electrons. The molecule has 0 amide bonds. The summed E-state index contributed by atoms with van der Waals surface area (Å²) < 4.78 is 1.83. The molecule has 0 spiro atoms. The Kier molecular flexibility index (Phi) is 4.55. The molecule has 1 aromatic carbocycles. The number of benzene rings is 1. The van der Waals surface area contributed by atoms with Gasteiger partial charge in [0.1, 0.15) is 0 Å². The summed E-state index contributed by atoms with van der Waals surface area (Å²) in [6.07, 6.45) is -0.423. The topological polar surface area (TPSA) is 38.0 Å². The molecule has 2 aromatic rings. The molecule has 0 aliphatic heterocycles. The average Bonchev–Trinajstić information content (AvgIpc) is 2.62. The highest BCUT2D eigenvalue weighted by atomic mass is 35.5. The normalized spacial score (nSPS) is 12.7. The molecule has 0 bridgehead atoms. The second-order valence-corrected chi connectivity index (χ2v) is 5.93. The van der Waals surface area contributed by atoms with E-state index >= 15 is 0 Å². The molecule has 0 saturated heterocycles. The zero-order valence-corrected chi connectivity index (χ0v) is 12.8. The van der Waals surface area contributed by atoms with E-state index in [4.69, 9.17) is 11.6 Å². The molecule has 0 saturated carbocycles. The van der Waals surface area contributed by atoms with Crippen molar-refractivity contribution in [2.75, 3.05) is 0 Å². The van der Waals surface area contributed by atoms with E-state index in [-0.39, 0.29) is 0 Å². The Hall–Kier alpha value is -0.970. The minimum Gasteiger partial charge on any atom is -0.389 e. The number of halogens is 1.